The monoisotopic (exact) mass is 493 g/mol. The smallest absolute Gasteiger partial charge is 0.318 e. The van der Waals surface area contributed by atoms with Gasteiger partial charge in [-0.3, -0.25) is 24.5 Å². The van der Waals surface area contributed by atoms with Crippen molar-refractivity contribution >= 4 is 23.1 Å². The number of benzene rings is 1. The predicted octanol–water partition coefficient (Wildman–Crippen LogP) is 4.83. The number of Topliss-reactive ketones (excluding diaryl/α,β-unsaturated/α-hetero) is 1. The van der Waals surface area contributed by atoms with Crippen LogP contribution in [-0.2, 0) is 29.0 Å². The minimum atomic E-state index is -0.589. The summed E-state index contributed by atoms with van der Waals surface area (Å²) >= 11 is 1.46. The number of esters is 1. The first-order valence-corrected chi connectivity index (χ1v) is 12.8. The third kappa shape index (κ3) is 5.04. The fourth-order valence-electron chi connectivity index (χ4n) is 4.63. The standard InChI is InChI=1S/C27H28FN3O3S/c1-15-16(2)30-22(17(3)29-15)13-24(32)34-25-12-19-14-31(11-10-23(19)35-25)26(27(33)18-8-9-18)20-6-4-5-7-21(20)28/h4-7,12,18,26H,8-11,13-14H2,1-3H3. The molecule has 3 aromatic rings. The maximum absolute atomic E-state index is 14.7. The third-order valence-corrected chi connectivity index (χ3v) is 7.91. The number of carbonyl (C=O) groups excluding carboxylic acids is 2. The topological polar surface area (TPSA) is 72.4 Å². The first-order chi connectivity index (χ1) is 16.8. The average Bonchev–Trinajstić information content (AvgIpc) is 3.59. The number of aryl methyl sites for hydroxylation is 3. The molecule has 2 aromatic heterocycles. The maximum Gasteiger partial charge on any atom is 0.318 e. The Morgan fingerprint density at radius 3 is 2.63 bits per heavy atom. The first kappa shape index (κ1) is 23.8. The molecule has 3 heterocycles. The highest BCUT2D eigenvalue weighted by atomic mass is 32.1. The normalized spacial score (nSPS) is 16.6. The fourth-order valence-corrected chi connectivity index (χ4v) is 5.66. The lowest BCUT2D eigenvalue weighted by molar-refractivity contribution is -0.133. The minimum absolute atomic E-state index is 0.0250. The third-order valence-electron chi connectivity index (χ3n) is 6.79. The summed E-state index contributed by atoms with van der Waals surface area (Å²) in [6, 6.07) is 7.86. The number of fused-ring (bicyclic) bond motifs is 1. The van der Waals surface area contributed by atoms with Gasteiger partial charge in [-0.2, -0.15) is 0 Å². The number of nitrogens with zero attached hydrogens (tertiary/aromatic N) is 3. The van der Waals surface area contributed by atoms with Crippen molar-refractivity contribution < 1.29 is 18.7 Å². The van der Waals surface area contributed by atoms with Crippen molar-refractivity contribution in [3.05, 3.63) is 74.9 Å². The zero-order valence-electron chi connectivity index (χ0n) is 20.1. The van der Waals surface area contributed by atoms with Gasteiger partial charge in [-0.25, -0.2) is 4.39 Å². The summed E-state index contributed by atoms with van der Waals surface area (Å²) < 4.78 is 20.4. The SMILES string of the molecule is Cc1nc(C)c(CC(=O)Oc2cc3c(s2)CCN(C(C(=O)C2CC2)c2ccccc2F)C3)nc1C. The van der Waals surface area contributed by atoms with Crippen LogP contribution >= 0.6 is 11.3 Å². The van der Waals surface area contributed by atoms with Crippen LogP contribution in [0.25, 0.3) is 0 Å². The number of hydrogen-bond acceptors (Lipinski definition) is 7. The molecule has 1 atom stereocenters. The molecule has 0 spiro atoms. The fraction of sp³-hybridized carbons (Fsp3) is 0.407. The molecule has 1 aromatic carbocycles. The maximum atomic E-state index is 14.7. The van der Waals surface area contributed by atoms with E-state index in [4.69, 9.17) is 4.74 Å². The van der Waals surface area contributed by atoms with Crippen molar-refractivity contribution in [1.29, 1.82) is 0 Å². The van der Waals surface area contributed by atoms with Crippen molar-refractivity contribution in [2.75, 3.05) is 6.54 Å². The van der Waals surface area contributed by atoms with Crippen molar-refractivity contribution in [3.8, 4) is 5.06 Å². The molecule has 6 nitrogen and oxygen atoms in total. The van der Waals surface area contributed by atoms with Crippen molar-refractivity contribution in [3.63, 3.8) is 0 Å². The zero-order valence-corrected chi connectivity index (χ0v) is 21.0. The van der Waals surface area contributed by atoms with Gasteiger partial charge in [0.25, 0.3) is 0 Å². The summed E-state index contributed by atoms with van der Waals surface area (Å²) in [6.45, 7) is 6.78. The number of carbonyl (C=O) groups is 2. The van der Waals surface area contributed by atoms with Gasteiger partial charge in [0.15, 0.2) is 10.8 Å². The summed E-state index contributed by atoms with van der Waals surface area (Å²) in [5, 5.41) is 0.534. The van der Waals surface area contributed by atoms with Crippen LogP contribution in [0.2, 0.25) is 0 Å². The second-order valence-corrected chi connectivity index (χ2v) is 10.5. The average molecular weight is 494 g/mol. The van der Waals surface area contributed by atoms with Gasteiger partial charge in [0.2, 0.25) is 0 Å². The van der Waals surface area contributed by atoms with Gasteiger partial charge >= 0.3 is 5.97 Å². The van der Waals surface area contributed by atoms with E-state index in [1.54, 1.807) is 18.2 Å². The summed E-state index contributed by atoms with van der Waals surface area (Å²) in [6.07, 6.45) is 2.54. The molecular weight excluding hydrogens is 465 g/mol. The van der Waals surface area contributed by atoms with Crippen molar-refractivity contribution in [1.82, 2.24) is 14.9 Å². The molecule has 35 heavy (non-hydrogen) atoms. The first-order valence-electron chi connectivity index (χ1n) is 12.0. The summed E-state index contributed by atoms with van der Waals surface area (Å²) in [7, 11) is 0. The Morgan fingerprint density at radius 1 is 1.14 bits per heavy atom. The molecule has 0 bridgehead atoms. The lowest BCUT2D eigenvalue weighted by Crippen LogP contribution is -2.38. The number of rotatable bonds is 7. The Balaban J connectivity index is 1.31. The van der Waals surface area contributed by atoms with Gasteiger partial charge in [0, 0.05) is 29.4 Å². The molecule has 1 fully saturated rings. The highest BCUT2D eigenvalue weighted by Crippen LogP contribution is 2.41. The van der Waals surface area contributed by atoms with Gasteiger partial charge in [-0.1, -0.05) is 18.2 Å². The Labute approximate surface area is 208 Å². The van der Waals surface area contributed by atoms with E-state index in [1.165, 1.54) is 17.4 Å². The number of ketones is 1. The second-order valence-electron chi connectivity index (χ2n) is 9.41. The number of ether oxygens (including phenoxy) is 1. The van der Waals surface area contributed by atoms with E-state index in [-0.39, 0.29) is 29.9 Å². The Morgan fingerprint density at radius 2 is 1.89 bits per heavy atom. The van der Waals surface area contributed by atoms with Crippen LogP contribution in [-0.4, -0.2) is 33.2 Å². The highest BCUT2D eigenvalue weighted by molar-refractivity contribution is 7.14. The van der Waals surface area contributed by atoms with E-state index in [0.29, 0.717) is 29.4 Å². The molecule has 1 saturated carbocycles. The molecule has 1 unspecified atom stereocenters. The number of halogens is 1. The molecule has 1 aliphatic heterocycles. The van der Waals surface area contributed by atoms with Crippen LogP contribution in [0.15, 0.2) is 30.3 Å². The van der Waals surface area contributed by atoms with Crippen LogP contribution in [0.5, 0.6) is 5.06 Å². The Kier molecular flexibility index (Phi) is 6.51. The Bertz CT molecular complexity index is 1300. The summed E-state index contributed by atoms with van der Waals surface area (Å²) in [5.74, 6) is -0.599. The van der Waals surface area contributed by atoms with Crippen LogP contribution in [0.1, 0.15) is 57.7 Å². The quantitative estimate of drug-likeness (QED) is 0.439. The minimum Gasteiger partial charge on any atom is -0.415 e. The van der Waals surface area contributed by atoms with Crippen molar-refractivity contribution in [2.45, 2.75) is 59.0 Å². The van der Waals surface area contributed by atoms with Gasteiger partial charge in [0.05, 0.1) is 35.2 Å². The molecule has 2 aliphatic rings. The van der Waals surface area contributed by atoms with E-state index in [9.17, 15) is 14.0 Å². The Hall–Kier alpha value is -2.97. The van der Waals surface area contributed by atoms with Crippen LogP contribution in [0, 0.1) is 32.5 Å². The molecule has 8 heteroatoms. The lowest BCUT2D eigenvalue weighted by Gasteiger charge is -2.34. The summed E-state index contributed by atoms with van der Waals surface area (Å²) in [4.78, 5) is 37.9. The van der Waals surface area contributed by atoms with E-state index in [1.807, 2.05) is 26.8 Å². The molecule has 0 saturated heterocycles. The van der Waals surface area contributed by atoms with Gasteiger partial charge in [0.1, 0.15) is 5.82 Å². The van der Waals surface area contributed by atoms with Gasteiger partial charge < -0.3 is 4.74 Å². The predicted molar refractivity (Wildman–Crippen MR) is 131 cm³/mol. The second kappa shape index (κ2) is 9.59. The van der Waals surface area contributed by atoms with Crippen LogP contribution < -0.4 is 4.74 Å². The number of aromatic nitrogens is 2. The molecule has 0 radical (unpaired) electrons. The van der Waals surface area contributed by atoms with E-state index < -0.39 is 6.04 Å². The van der Waals surface area contributed by atoms with E-state index in [2.05, 4.69) is 14.9 Å². The summed E-state index contributed by atoms with van der Waals surface area (Å²) in [5.41, 5.74) is 4.47. The van der Waals surface area contributed by atoms with Crippen molar-refractivity contribution in [2.24, 2.45) is 5.92 Å². The lowest BCUT2D eigenvalue weighted by atomic mass is 9.95. The van der Waals surface area contributed by atoms with Crippen LogP contribution in [0.4, 0.5) is 4.39 Å². The molecule has 1 aliphatic carbocycles. The largest absolute Gasteiger partial charge is 0.415 e. The number of thiophene rings is 1. The number of hydrogen-bond donors (Lipinski definition) is 0. The van der Waals surface area contributed by atoms with E-state index >= 15 is 0 Å². The molecular formula is C27H28FN3O3S. The molecule has 0 amide bonds. The zero-order chi connectivity index (χ0) is 24.7. The molecule has 5 rings (SSSR count). The molecule has 182 valence electrons. The molecule has 0 N–H and O–H groups in total. The highest BCUT2D eigenvalue weighted by Gasteiger charge is 2.40. The van der Waals surface area contributed by atoms with E-state index in [0.717, 1.165) is 46.8 Å². The van der Waals surface area contributed by atoms with Gasteiger partial charge in [-0.05, 0) is 57.7 Å². The van der Waals surface area contributed by atoms with Gasteiger partial charge in [-0.15, -0.1) is 11.3 Å². The van der Waals surface area contributed by atoms with Crippen LogP contribution in [0.3, 0.4) is 0 Å².